The molecule has 0 aromatic carbocycles. The van der Waals surface area contributed by atoms with Crippen LogP contribution in [0, 0.1) is 0 Å². The molecule has 0 spiro atoms. The molecule has 5 heteroatoms. The van der Waals surface area contributed by atoms with Crippen LogP contribution in [-0.4, -0.2) is 42.7 Å². The summed E-state index contributed by atoms with van der Waals surface area (Å²) in [5.74, 6) is 1.58. The first-order valence-corrected chi connectivity index (χ1v) is 7.05. The molecule has 1 heterocycles. The highest BCUT2D eigenvalue weighted by atomic mass is 32.2. The molecule has 3 N–H and O–H groups in total. The van der Waals surface area contributed by atoms with Gasteiger partial charge in [0, 0.05) is 19.2 Å². The lowest BCUT2D eigenvalue weighted by Gasteiger charge is -2.10. The van der Waals surface area contributed by atoms with Crippen molar-refractivity contribution in [3.63, 3.8) is 0 Å². The van der Waals surface area contributed by atoms with Gasteiger partial charge in [0.15, 0.2) is 0 Å². The molecule has 0 radical (unpaired) electrons. The highest BCUT2D eigenvalue weighted by Crippen LogP contribution is 2.10. The van der Waals surface area contributed by atoms with Crippen LogP contribution in [0.5, 0.6) is 0 Å². The van der Waals surface area contributed by atoms with Gasteiger partial charge < -0.3 is 15.8 Å². The minimum atomic E-state index is 0.102. The number of thioether (sulfide) groups is 1. The van der Waals surface area contributed by atoms with Crippen molar-refractivity contribution in [3.05, 3.63) is 0 Å². The van der Waals surface area contributed by atoms with Gasteiger partial charge in [-0.05, 0) is 31.9 Å². The number of nitrogens with one attached hydrogen (secondary N) is 1. The van der Waals surface area contributed by atoms with Gasteiger partial charge in [-0.25, -0.2) is 0 Å². The Morgan fingerprint density at radius 3 is 3.12 bits per heavy atom. The zero-order valence-corrected chi connectivity index (χ0v) is 10.7. The molecule has 1 saturated heterocycles. The van der Waals surface area contributed by atoms with E-state index in [4.69, 9.17) is 10.5 Å². The lowest BCUT2D eigenvalue weighted by Crippen LogP contribution is -2.33. The van der Waals surface area contributed by atoms with E-state index in [1.54, 1.807) is 11.8 Å². The molecule has 4 nitrogen and oxygen atoms in total. The molecule has 1 aliphatic heterocycles. The predicted octanol–water partition coefficient (Wildman–Crippen LogP) is 0.752. The molecule has 0 aliphatic carbocycles. The van der Waals surface area contributed by atoms with Crippen LogP contribution in [0.15, 0.2) is 0 Å². The molecule has 2 atom stereocenters. The van der Waals surface area contributed by atoms with Crippen LogP contribution in [0.1, 0.15) is 26.2 Å². The smallest absolute Gasteiger partial charge is 0.230 e. The summed E-state index contributed by atoms with van der Waals surface area (Å²) in [6.07, 6.45) is 3.38. The normalized spacial score (nSPS) is 22.0. The van der Waals surface area contributed by atoms with E-state index in [-0.39, 0.29) is 18.1 Å². The van der Waals surface area contributed by atoms with Crippen molar-refractivity contribution in [2.24, 2.45) is 5.73 Å². The topological polar surface area (TPSA) is 64.4 Å². The lowest BCUT2D eigenvalue weighted by molar-refractivity contribution is -0.119. The van der Waals surface area contributed by atoms with E-state index in [1.165, 1.54) is 0 Å². The van der Waals surface area contributed by atoms with Crippen molar-refractivity contribution in [1.82, 2.24) is 5.32 Å². The Balaban J connectivity index is 1.94. The fraction of sp³-hybridized carbons (Fsp3) is 0.909. The van der Waals surface area contributed by atoms with Crippen molar-refractivity contribution in [2.75, 3.05) is 24.7 Å². The summed E-state index contributed by atoms with van der Waals surface area (Å²) in [5, 5.41) is 2.90. The molecule has 1 amide bonds. The molecule has 0 aromatic rings. The Labute approximate surface area is 102 Å². The maximum absolute atomic E-state index is 11.4. The van der Waals surface area contributed by atoms with Crippen LogP contribution in [0.2, 0.25) is 0 Å². The Hall–Kier alpha value is -0.260. The lowest BCUT2D eigenvalue weighted by atomic mass is 10.2. The zero-order valence-electron chi connectivity index (χ0n) is 9.91. The van der Waals surface area contributed by atoms with Gasteiger partial charge in [-0.1, -0.05) is 0 Å². The zero-order chi connectivity index (χ0) is 11.8. The monoisotopic (exact) mass is 246 g/mol. The van der Waals surface area contributed by atoms with E-state index in [0.29, 0.717) is 12.3 Å². The van der Waals surface area contributed by atoms with Gasteiger partial charge >= 0.3 is 0 Å². The summed E-state index contributed by atoms with van der Waals surface area (Å²) in [6.45, 7) is 3.48. The molecule has 0 bridgehead atoms. The second-order valence-corrected chi connectivity index (χ2v) is 5.36. The van der Waals surface area contributed by atoms with Gasteiger partial charge in [0.1, 0.15) is 0 Å². The van der Waals surface area contributed by atoms with Crippen molar-refractivity contribution in [2.45, 2.75) is 38.3 Å². The Morgan fingerprint density at radius 2 is 2.50 bits per heavy atom. The number of ether oxygens (including phenoxy) is 1. The number of carbonyl (C=O) groups is 1. The highest BCUT2D eigenvalue weighted by molar-refractivity contribution is 7.99. The van der Waals surface area contributed by atoms with Gasteiger partial charge in [-0.2, -0.15) is 11.8 Å². The van der Waals surface area contributed by atoms with Crippen molar-refractivity contribution < 1.29 is 9.53 Å². The van der Waals surface area contributed by atoms with Crippen LogP contribution >= 0.6 is 11.8 Å². The Morgan fingerprint density at radius 1 is 1.69 bits per heavy atom. The molecule has 16 heavy (non-hydrogen) atoms. The molecule has 2 unspecified atom stereocenters. The van der Waals surface area contributed by atoms with Gasteiger partial charge in [0.25, 0.3) is 0 Å². The molecule has 0 saturated carbocycles. The predicted molar refractivity (Wildman–Crippen MR) is 67.6 cm³/mol. The van der Waals surface area contributed by atoms with Crippen LogP contribution in [0.3, 0.4) is 0 Å². The SMILES string of the molecule is CC(N)CCSCC(=O)NCC1CCCO1. The molecule has 1 fully saturated rings. The van der Waals surface area contributed by atoms with Crippen molar-refractivity contribution in [3.8, 4) is 0 Å². The maximum Gasteiger partial charge on any atom is 0.230 e. The van der Waals surface area contributed by atoms with Gasteiger partial charge in [-0.3, -0.25) is 4.79 Å². The Kier molecular flexibility index (Phi) is 6.84. The third kappa shape index (κ3) is 6.35. The number of rotatable bonds is 7. The second-order valence-electron chi connectivity index (χ2n) is 4.26. The number of amides is 1. The highest BCUT2D eigenvalue weighted by Gasteiger charge is 2.15. The standard InChI is InChI=1S/C11H22N2O2S/c1-9(12)4-6-16-8-11(14)13-7-10-3-2-5-15-10/h9-10H,2-8,12H2,1H3,(H,13,14). The summed E-state index contributed by atoms with van der Waals surface area (Å²) in [7, 11) is 0. The molecule has 94 valence electrons. The summed E-state index contributed by atoms with van der Waals surface area (Å²) in [6, 6.07) is 0.224. The molecule has 0 aromatic heterocycles. The number of carbonyl (C=O) groups excluding carboxylic acids is 1. The number of nitrogens with two attached hydrogens (primary N) is 1. The largest absolute Gasteiger partial charge is 0.376 e. The van der Waals surface area contributed by atoms with Gasteiger partial charge in [0.05, 0.1) is 11.9 Å². The van der Waals surface area contributed by atoms with Crippen molar-refractivity contribution >= 4 is 17.7 Å². The first-order valence-electron chi connectivity index (χ1n) is 5.90. The van der Waals surface area contributed by atoms with Crippen LogP contribution in [0.4, 0.5) is 0 Å². The first kappa shape index (κ1) is 13.8. The van der Waals surface area contributed by atoms with E-state index >= 15 is 0 Å². The van der Waals surface area contributed by atoms with Gasteiger partial charge in [0.2, 0.25) is 5.91 Å². The van der Waals surface area contributed by atoms with Crippen molar-refractivity contribution in [1.29, 1.82) is 0 Å². The first-order chi connectivity index (χ1) is 7.68. The summed E-state index contributed by atoms with van der Waals surface area (Å²) in [5.41, 5.74) is 5.62. The van der Waals surface area contributed by atoms with E-state index in [0.717, 1.165) is 31.6 Å². The number of hydrogen-bond donors (Lipinski definition) is 2. The average Bonchev–Trinajstić information content (AvgIpc) is 2.74. The van der Waals surface area contributed by atoms with E-state index in [1.807, 2.05) is 6.92 Å². The summed E-state index contributed by atoms with van der Waals surface area (Å²) < 4.78 is 5.42. The quantitative estimate of drug-likeness (QED) is 0.651. The van der Waals surface area contributed by atoms with E-state index in [2.05, 4.69) is 5.32 Å². The fourth-order valence-corrected chi connectivity index (χ4v) is 2.49. The summed E-state index contributed by atoms with van der Waals surface area (Å²) >= 11 is 1.64. The molecule has 1 aliphatic rings. The minimum absolute atomic E-state index is 0.102. The van der Waals surface area contributed by atoms with Crippen LogP contribution in [-0.2, 0) is 9.53 Å². The second kappa shape index (κ2) is 7.92. The maximum atomic E-state index is 11.4. The van der Waals surface area contributed by atoms with Crippen LogP contribution in [0.25, 0.3) is 0 Å². The van der Waals surface area contributed by atoms with Crippen LogP contribution < -0.4 is 11.1 Å². The third-order valence-corrected chi connectivity index (χ3v) is 3.49. The third-order valence-electron chi connectivity index (χ3n) is 2.50. The fourth-order valence-electron chi connectivity index (χ4n) is 1.52. The minimum Gasteiger partial charge on any atom is -0.376 e. The molecular formula is C11H22N2O2S. The van der Waals surface area contributed by atoms with E-state index < -0.39 is 0 Å². The average molecular weight is 246 g/mol. The number of hydrogen-bond acceptors (Lipinski definition) is 4. The Bertz CT molecular complexity index is 206. The van der Waals surface area contributed by atoms with Gasteiger partial charge in [-0.15, -0.1) is 0 Å². The van der Waals surface area contributed by atoms with E-state index in [9.17, 15) is 4.79 Å². The summed E-state index contributed by atoms with van der Waals surface area (Å²) in [4.78, 5) is 11.4. The molecular weight excluding hydrogens is 224 g/mol. The molecule has 1 rings (SSSR count).